The topological polar surface area (TPSA) is 67.2 Å². The molecule has 1 atom stereocenters. The smallest absolute Gasteiger partial charge is 0.246 e. The molecule has 1 aromatic heterocycles. The zero-order valence-corrected chi connectivity index (χ0v) is 13.9. The molecule has 0 aromatic carbocycles. The molecule has 1 fully saturated rings. The van der Waals surface area contributed by atoms with Crippen molar-refractivity contribution in [2.45, 2.75) is 45.8 Å². The number of hydrogen-bond donors (Lipinski definition) is 1. The summed E-state index contributed by atoms with van der Waals surface area (Å²) in [4.78, 5) is 26.1. The number of nitrogens with one attached hydrogen (secondary N) is 1. The Morgan fingerprint density at radius 2 is 2.00 bits per heavy atom. The molecule has 0 saturated carbocycles. The lowest BCUT2D eigenvalue weighted by Gasteiger charge is -2.43. The molecule has 1 aliphatic heterocycles. The van der Waals surface area contributed by atoms with Gasteiger partial charge in [-0.1, -0.05) is 0 Å². The number of halogens is 1. The fourth-order valence-electron chi connectivity index (χ4n) is 2.34. The van der Waals surface area contributed by atoms with Crippen LogP contribution in [-0.2, 0) is 23.2 Å². The summed E-state index contributed by atoms with van der Waals surface area (Å²) in [6.07, 6.45) is 0. The van der Waals surface area contributed by atoms with Crippen LogP contribution in [0.2, 0.25) is 0 Å². The number of aromatic nitrogens is 2. The largest absolute Gasteiger partial charge is 0.343 e. The minimum atomic E-state index is -0.874. The van der Waals surface area contributed by atoms with E-state index in [-0.39, 0.29) is 11.8 Å². The van der Waals surface area contributed by atoms with Crippen LogP contribution in [0.15, 0.2) is 4.47 Å². The molecular formula is C13H19BrN4O2. The molecule has 1 aliphatic rings. The van der Waals surface area contributed by atoms with E-state index >= 15 is 0 Å². The molecule has 0 spiro atoms. The van der Waals surface area contributed by atoms with Crippen LogP contribution in [0.3, 0.4) is 0 Å². The van der Waals surface area contributed by atoms with Gasteiger partial charge in [-0.15, -0.1) is 0 Å². The predicted octanol–water partition coefficient (Wildman–Crippen LogP) is 1.12. The molecule has 2 rings (SSSR count). The third kappa shape index (κ3) is 2.24. The van der Waals surface area contributed by atoms with Crippen molar-refractivity contribution in [2.24, 2.45) is 7.05 Å². The first kappa shape index (κ1) is 15.0. The molecular weight excluding hydrogens is 324 g/mol. The van der Waals surface area contributed by atoms with Crippen molar-refractivity contribution in [2.75, 3.05) is 0 Å². The Morgan fingerprint density at radius 1 is 1.40 bits per heavy atom. The van der Waals surface area contributed by atoms with Gasteiger partial charge in [-0.2, -0.15) is 5.10 Å². The van der Waals surface area contributed by atoms with Gasteiger partial charge < -0.3 is 10.2 Å². The molecule has 0 aliphatic carbocycles. The van der Waals surface area contributed by atoms with Gasteiger partial charge >= 0.3 is 0 Å². The molecule has 0 radical (unpaired) electrons. The van der Waals surface area contributed by atoms with Gasteiger partial charge in [0.05, 0.1) is 22.4 Å². The van der Waals surface area contributed by atoms with Crippen molar-refractivity contribution < 1.29 is 9.59 Å². The van der Waals surface area contributed by atoms with Crippen LogP contribution in [0.1, 0.15) is 32.2 Å². The number of carbonyl (C=O) groups excluding carboxylic acids is 2. The van der Waals surface area contributed by atoms with Gasteiger partial charge in [-0.3, -0.25) is 14.3 Å². The van der Waals surface area contributed by atoms with Crippen molar-refractivity contribution in [1.29, 1.82) is 0 Å². The van der Waals surface area contributed by atoms with Gasteiger partial charge in [0.15, 0.2) is 0 Å². The molecule has 7 heteroatoms. The lowest BCUT2D eigenvalue weighted by atomic mass is 9.96. The predicted molar refractivity (Wildman–Crippen MR) is 77.9 cm³/mol. The zero-order valence-electron chi connectivity index (χ0n) is 12.3. The lowest BCUT2D eigenvalue weighted by molar-refractivity contribution is -0.155. The standard InChI is InChI=1S/C13H19BrN4O2/c1-7-10(14)9(17(5)16-7)6-18-11(19)8(2)15-12(20)13(18,3)4/h8H,6H2,1-5H3,(H,15,20). The fraction of sp³-hybridized carbons (Fsp3) is 0.615. The average molecular weight is 343 g/mol. The second-order valence-corrected chi connectivity index (χ2v) is 6.44. The molecule has 1 aromatic rings. The van der Waals surface area contributed by atoms with Crippen molar-refractivity contribution in [3.63, 3.8) is 0 Å². The molecule has 110 valence electrons. The van der Waals surface area contributed by atoms with Crippen LogP contribution in [0.5, 0.6) is 0 Å². The summed E-state index contributed by atoms with van der Waals surface area (Å²) in [5.74, 6) is -0.222. The van der Waals surface area contributed by atoms with Crippen LogP contribution in [0, 0.1) is 6.92 Å². The molecule has 2 amide bonds. The first-order valence-electron chi connectivity index (χ1n) is 6.46. The van der Waals surface area contributed by atoms with Gasteiger partial charge in [0.25, 0.3) is 0 Å². The molecule has 1 unspecified atom stereocenters. The van der Waals surface area contributed by atoms with E-state index in [2.05, 4.69) is 26.3 Å². The number of amides is 2. The molecule has 0 bridgehead atoms. The van der Waals surface area contributed by atoms with Gasteiger partial charge in [0, 0.05) is 7.05 Å². The maximum Gasteiger partial charge on any atom is 0.246 e. The summed E-state index contributed by atoms with van der Waals surface area (Å²) in [6, 6.07) is -0.497. The van der Waals surface area contributed by atoms with E-state index in [0.717, 1.165) is 15.9 Å². The summed E-state index contributed by atoms with van der Waals surface area (Å²) in [7, 11) is 1.83. The number of piperazine rings is 1. The van der Waals surface area contributed by atoms with E-state index in [0.29, 0.717) is 6.54 Å². The van der Waals surface area contributed by atoms with E-state index in [9.17, 15) is 9.59 Å². The van der Waals surface area contributed by atoms with Crippen LogP contribution >= 0.6 is 15.9 Å². The van der Waals surface area contributed by atoms with Crippen LogP contribution in [0.4, 0.5) is 0 Å². The highest BCUT2D eigenvalue weighted by molar-refractivity contribution is 9.10. The number of nitrogens with zero attached hydrogens (tertiary/aromatic N) is 3. The second-order valence-electron chi connectivity index (χ2n) is 5.65. The normalized spacial score (nSPS) is 22.1. The number of aryl methyl sites for hydroxylation is 2. The second kappa shape index (κ2) is 4.87. The number of hydrogen-bond acceptors (Lipinski definition) is 3. The van der Waals surface area contributed by atoms with E-state index in [4.69, 9.17) is 0 Å². The monoisotopic (exact) mass is 342 g/mol. The van der Waals surface area contributed by atoms with Gasteiger partial charge in [0.2, 0.25) is 11.8 Å². The third-order valence-corrected chi connectivity index (χ3v) is 4.82. The Labute approximate surface area is 126 Å². The Bertz CT molecular complexity index is 579. The molecule has 1 saturated heterocycles. The van der Waals surface area contributed by atoms with Gasteiger partial charge in [0.1, 0.15) is 11.6 Å². The minimum Gasteiger partial charge on any atom is -0.343 e. The summed E-state index contributed by atoms with van der Waals surface area (Å²) in [5, 5.41) is 7.02. The highest BCUT2D eigenvalue weighted by atomic mass is 79.9. The van der Waals surface area contributed by atoms with Crippen molar-refractivity contribution >= 4 is 27.7 Å². The molecule has 1 N–H and O–H groups in total. The molecule has 6 nitrogen and oxygen atoms in total. The Morgan fingerprint density at radius 3 is 2.50 bits per heavy atom. The summed E-state index contributed by atoms with van der Waals surface area (Å²) >= 11 is 3.49. The number of rotatable bonds is 2. The maximum absolute atomic E-state index is 12.4. The van der Waals surface area contributed by atoms with Crippen LogP contribution < -0.4 is 5.32 Å². The van der Waals surface area contributed by atoms with Crippen LogP contribution in [0.25, 0.3) is 0 Å². The van der Waals surface area contributed by atoms with E-state index in [1.54, 1.807) is 30.4 Å². The molecule has 2 heterocycles. The van der Waals surface area contributed by atoms with E-state index in [1.165, 1.54) is 0 Å². The fourth-order valence-corrected chi connectivity index (χ4v) is 2.81. The lowest BCUT2D eigenvalue weighted by Crippen LogP contribution is -2.67. The summed E-state index contributed by atoms with van der Waals surface area (Å²) < 4.78 is 2.61. The Hall–Kier alpha value is -1.37. The van der Waals surface area contributed by atoms with E-state index in [1.807, 2.05) is 14.0 Å². The van der Waals surface area contributed by atoms with Crippen molar-refractivity contribution in [1.82, 2.24) is 20.0 Å². The Kier molecular flexibility index (Phi) is 3.66. The highest BCUT2D eigenvalue weighted by Gasteiger charge is 2.45. The Balaban J connectivity index is 2.39. The van der Waals surface area contributed by atoms with Crippen LogP contribution in [-0.4, -0.2) is 38.1 Å². The maximum atomic E-state index is 12.4. The first-order chi connectivity index (χ1) is 9.16. The first-order valence-corrected chi connectivity index (χ1v) is 7.26. The minimum absolute atomic E-state index is 0.0830. The summed E-state index contributed by atoms with van der Waals surface area (Å²) in [6.45, 7) is 7.45. The highest BCUT2D eigenvalue weighted by Crippen LogP contribution is 2.27. The third-order valence-electron chi connectivity index (χ3n) is 3.78. The SMILES string of the molecule is Cc1nn(C)c(CN2C(=O)C(C)NC(=O)C2(C)C)c1Br. The summed E-state index contributed by atoms with van der Waals surface area (Å²) in [5.41, 5.74) is 0.870. The van der Waals surface area contributed by atoms with E-state index < -0.39 is 11.6 Å². The van der Waals surface area contributed by atoms with Crippen molar-refractivity contribution in [3.05, 3.63) is 15.9 Å². The molecule has 20 heavy (non-hydrogen) atoms. The quantitative estimate of drug-likeness (QED) is 0.875. The zero-order chi connectivity index (χ0) is 15.2. The van der Waals surface area contributed by atoms with Crippen molar-refractivity contribution in [3.8, 4) is 0 Å². The number of carbonyl (C=O) groups is 2. The van der Waals surface area contributed by atoms with Gasteiger partial charge in [-0.25, -0.2) is 0 Å². The average Bonchev–Trinajstić information content (AvgIpc) is 2.58. The van der Waals surface area contributed by atoms with Gasteiger partial charge in [-0.05, 0) is 43.6 Å².